The van der Waals surface area contributed by atoms with Gasteiger partial charge >= 0.3 is 0 Å². The molecule has 2 amide bonds. The van der Waals surface area contributed by atoms with Gasteiger partial charge in [0, 0.05) is 12.5 Å². The van der Waals surface area contributed by atoms with Crippen molar-refractivity contribution in [2.45, 2.75) is 20.3 Å². The number of amides is 2. The third kappa shape index (κ3) is 3.89. The van der Waals surface area contributed by atoms with E-state index in [0.717, 1.165) is 6.42 Å². The molecule has 0 bridgehead atoms. The van der Waals surface area contributed by atoms with Gasteiger partial charge in [0.1, 0.15) is 0 Å². The van der Waals surface area contributed by atoms with Gasteiger partial charge in [-0.3, -0.25) is 9.59 Å². The lowest BCUT2D eigenvalue weighted by Gasteiger charge is -2.20. The molecule has 1 aliphatic carbocycles. The smallest absolute Gasteiger partial charge is 0.244 e. The standard InChI is InChI=1S/C15H18Cl2N2O2/c1-3-19(15(21)10-7-9(10)2)8-13(20)18-14-11(16)5-4-6-12(14)17/h4-6,9-10H,3,7-8H2,1-2H3,(H,18,20). The molecule has 6 heteroatoms. The first-order valence-corrected chi connectivity index (χ1v) is 7.72. The van der Waals surface area contributed by atoms with Gasteiger partial charge in [0.15, 0.2) is 0 Å². The van der Waals surface area contributed by atoms with Crippen LogP contribution in [-0.2, 0) is 9.59 Å². The number of anilines is 1. The zero-order chi connectivity index (χ0) is 15.6. The second kappa shape index (κ2) is 6.67. The van der Waals surface area contributed by atoms with Crippen LogP contribution in [0, 0.1) is 11.8 Å². The molecule has 2 rings (SSSR count). The van der Waals surface area contributed by atoms with Crippen LogP contribution in [0.5, 0.6) is 0 Å². The van der Waals surface area contributed by atoms with E-state index >= 15 is 0 Å². The first-order valence-electron chi connectivity index (χ1n) is 6.96. The minimum absolute atomic E-state index is 0.0140. The molecule has 1 N–H and O–H groups in total. The number of carbonyl (C=O) groups is 2. The predicted molar refractivity (Wildman–Crippen MR) is 84.6 cm³/mol. The summed E-state index contributed by atoms with van der Waals surface area (Å²) in [5.74, 6) is 0.244. The molecule has 1 aliphatic rings. The maximum Gasteiger partial charge on any atom is 0.244 e. The van der Waals surface area contributed by atoms with E-state index in [-0.39, 0.29) is 24.3 Å². The second-order valence-corrected chi connectivity index (χ2v) is 6.13. The van der Waals surface area contributed by atoms with E-state index in [4.69, 9.17) is 23.2 Å². The molecule has 0 aliphatic heterocycles. The Bertz CT molecular complexity index is 542. The van der Waals surface area contributed by atoms with Crippen molar-refractivity contribution in [2.24, 2.45) is 11.8 Å². The van der Waals surface area contributed by atoms with Crippen LogP contribution < -0.4 is 5.32 Å². The molecule has 2 unspecified atom stereocenters. The van der Waals surface area contributed by atoms with E-state index in [2.05, 4.69) is 5.32 Å². The Morgan fingerprint density at radius 2 is 1.90 bits per heavy atom. The van der Waals surface area contributed by atoms with Gasteiger partial charge in [0.25, 0.3) is 0 Å². The van der Waals surface area contributed by atoms with Gasteiger partial charge in [-0.25, -0.2) is 0 Å². The minimum Gasteiger partial charge on any atom is -0.333 e. The van der Waals surface area contributed by atoms with Crippen LogP contribution >= 0.6 is 23.2 Å². The molecule has 0 radical (unpaired) electrons. The number of nitrogens with one attached hydrogen (secondary N) is 1. The van der Waals surface area contributed by atoms with Gasteiger partial charge in [-0.15, -0.1) is 0 Å². The van der Waals surface area contributed by atoms with Crippen molar-refractivity contribution in [2.75, 3.05) is 18.4 Å². The molecule has 2 atom stereocenters. The van der Waals surface area contributed by atoms with E-state index in [1.165, 1.54) is 0 Å². The molecule has 1 fully saturated rings. The summed E-state index contributed by atoms with van der Waals surface area (Å²) in [6.45, 7) is 4.42. The molecule has 4 nitrogen and oxygen atoms in total. The Kier molecular flexibility index (Phi) is 5.12. The number of benzene rings is 1. The number of rotatable bonds is 5. The van der Waals surface area contributed by atoms with Crippen LogP contribution in [-0.4, -0.2) is 29.8 Å². The third-order valence-corrected chi connectivity index (χ3v) is 4.31. The minimum atomic E-state index is -0.298. The van der Waals surface area contributed by atoms with E-state index < -0.39 is 0 Å². The zero-order valence-corrected chi connectivity index (χ0v) is 13.5. The summed E-state index contributed by atoms with van der Waals surface area (Å²) in [7, 11) is 0. The quantitative estimate of drug-likeness (QED) is 0.900. The molecule has 1 saturated carbocycles. The van der Waals surface area contributed by atoms with E-state index in [0.29, 0.717) is 28.2 Å². The summed E-state index contributed by atoms with van der Waals surface area (Å²) < 4.78 is 0. The van der Waals surface area contributed by atoms with Crippen LogP contribution in [0.25, 0.3) is 0 Å². The van der Waals surface area contributed by atoms with Crippen LogP contribution in [0.1, 0.15) is 20.3 Å². The Hall–Kier alpha value is -1.26. The summed E-state index contributed by atoms with van der Waals surface area (Å²) in [4.78, 5) is 25.8. The van der Waals surface area contributed by atoms with E-state index in [9.17, 15) is 9.59 Å². The fraction of sp³-hybridized carbons (Fsp3) is 0.467. The first kappa shape index (κ1) is 16.1. The number of para-hydroxylation sites is 1. The molecular weight excluding hydrogens is 311 g/mol. The van der Waals surface area contributed by atoms with Crippen molar-refractivity contribution >= 4 is 40.7 Å². The summed E-state index contributed by atoms with van der Waals surface area (Å²) in [6, 6.07) is 5.01. The van der Waals surface area contributed by atoms with Crippen LogP contribution in [0.3, 0.4) is 0 Å². The predicted octanol–water partition coefficient (Wildman–Crippen LogP) is 3.44. The Labute approximate surface area is 134 Å². The van der Waals surface area contributed by atoms with Crippen molar-refractivity contribution in [1.82, 2.24) is 4.90 Å². The van der Waals surface area contributed by atoms with Crippen molar-refractivity contribution in [1.29, 1.82) is 0 Å². The average molecular weight is 329 g/mol. The number of hydrogen-bond donors (Lipinski definition) is 1. The molecule has 1 aromatic rings. The van der Waals surface area contributed by atoms with Crippen LogP contribution in [0.4, 0.5) is 5.69 Å². The maximum atomic E-state index is 12.2. The molecule has 114 valence electrons. The number of nitrogens with zero attached hydrogens (tertiary/aromatic N) is 1. The monoisotopic (exact) mass is 328 g/mol. The maximum absolute atomic E-state index is 12.2. The van der Waals surface area contributed by atoms with Gasteiger partial charge in [-0.1, -0.05) is 36.2 Å². The van der Waals surface area contributed by atoms with Gasteiger partial charge in [-0.05, 0) is 31.4 Å². The Balaban J connectivity index is 1.98. The molecular formula is C15H18Cl2N2O2. The lowest BCUT2D eigenvalue weighted by Crippen LogP contribution is -2.39. The summed E-state index contributed by atoms with van der Waals surface area (Å²) in [6.07, 6.45) is 0.910. The molecule has 0 spiro atoms. The Morgan fingerprint density at radius 1 is 1.33 bits per heavy atom. The molecule has 0 heterocycles. The van der Waals surface area contributed by atoms with Crippen LogP contribution in [0.2, 0.25) is 10.0 Å². The number of likely N-dealkylation sites (N-methyl/N-ethyl adjacent to an activating group) is 1. The molecule has 0 saturated heterocycles. The number of hydrogen-bond acceptors (Lipinski definition) is 2. The van der Waals surface area contributed by atoms with Gasteiger partial charge in [0.2, 0.25) is 11.8 Å². The van der Waals surface area contributed by atoms with E-state index in [1.807, 2.05) is 13.8 Å². The second-order valence-electron chi connectivity index (χ2n) is 5.32. The number of halogens is 2. The van der Waals surface area contributed by atoms with Gasteiger partial charge in [0.05, 0.1) is 22.3 Å². The first-order chi connectivity index (χ1) is 9.93. The highest BCUT2D eigenvalue weighted by Gasteiger charge is 2.41. The SMILES string of the molecule is CCN(CC(=O)Nc1c(Cl)cccc1Cl)C(=O)C1CC1C. The fourth-order valence-corrected chi connectivity index (χ4v) is 2.71. The highest BCUT2D eigenvalue weighted by Crippen LogP contribution is 2.39. The highest BCUT2D eigenvalue weighted by atomic mass is 35.5. The largest absolute Gasteiger partial charge is 0.333 e. The summed E-state index contributed by atoms with van der Waals surface area (Å²) in [5.41, 5.74) is 0.383. The third-order valence-electron chi connectivity index (χ3n) is 3.68. The van der Waals surface area contributed by atoms with Gasteiger partial charge in [-0.2, -0.15) is 0 Å². The molecule has 0 aromatic heterocycles. The number of carbonyl (C=O) groups excluding carboxylic acids is 2. The molecule has 21 heavy (non-hydrogen) atoms. The molecule has 1 aromatic carbocycles. The van der Waals surface area contributed by atoms with Gasteiger partial charge < -0.3 is 10.2 Å². The Morgan fingerprint density at radius 3 is 2.38 bits per heavy atom. The van der Waals surface area contributed by atoms with Crippen molar-refractivity contribution in [3.8, 4) is 0 Å². The fourth-order valence-electron chi connectivity index (χ4n) is 2.22. The van der Waals surface area contributed by atoms with E-state index in [1.54, 1.807) is 23.1 Å². The highest BCUT2D eigenvalue weighted by molar-refractivity contribution is 6.39. The summed E-state index contributed by atoms with van der Waals surface area (Å²) >= 11 is 12.0. The van der Waals surface area contributed by atoms with Crippen molar-refractivity contribution in [3.05, 3.63) is 28.2 Å². The van der Waals surface area contributed by atoms with Crippen molar-refractivity contribution < 1.29 is 9.59 Å². The lowest BCUT2D eigenvalue weighted by atomic mass is 10.2. The average Bonchev–Trinajstić information content (AvgIpc) is 3.17. The topological polar surface area (TPSA) is 49.4 Å². The summed E-state index contributed by atoms with van der Waals surface area (Å²) in [5, 5.41) is 3.42. The normalized spacial score (nSPS) is 20.0. The zero-order valence-electron chi connectivity index (χ0n) is 12.0. The van der Waals surface area contributed by atoms with Crippen molar-refractivity contribution in [3.63, 3.8) is 0 Å². The van der Waals surface area contributed by atoms with Crippen LogP contribution in [0.15, 0.2) is 18.2 Å². The lowest BCUT2D eigenvalue weighted by molar-refractivity contribution is -0.135.